The first kappa shape index (κ1) is 28.7. The van der Waals surface area contributed by atoms with E-state index in [2.05, 4.69) is 31.4 Å². The molecular weight excluding hydrogens is 506 g/mol. The van der Waals surface area contributed by atoms with Crippen LogP contribution < -0.4 is 10.6 Å². The molecule has 6 rings (SSSR count). The van der Waals surface area contributed by atoms with Gasteiger partial charge in [0.25, 0.3) is 0 Å². The molecule has 40 heavy (non-hydrogen) atoms. The number of aliphatic hydroxyl groups excluding tert-OH is 2. The molecule has 1 aliphatic heterocycles. The molecule has 3 aliphatic carbocycles. The number of anilines is 1. The lowest BCUT2D eigenvalue weighted by Crippen LogP contribution is -2.62. The van der Waals surface area contributed by atoms with Crippen molar-refractivity contribution in [1.82, 2.24) is 10.4 Å². The topological polar surface area (TPSA) is 111 Å². The van der Waals surface area contributed by atoms with E-state index in [1.165, 1.54) is 13.3 Å². The van der Waals surface area contributed by atoms with Gasteiger partial charge in [0.1, 0.15) is 12.1 Å². The van der Waals surface area contributed by atoms with Crippen molar-refractivity contribution in [2.75, 3.05) is 11.9 Å². The van der Waals surface area contributed by atoms with E-state index in [1.807, 2.05) is 48.5 Å². The van der Waals surface area contributed by atoms with E-state index in [9.17, 15) is 19.8 Å². The van der Waals surface area contributed by atoms with Gasteiger partial charge in [0.05, 0.1) is 19.3 Å². The Labute approximate surface area is 237 Å². The number of amides is 2. The average molecular weight is 550 g/mol. The summed E-state index contributed by atoms with van der Waals surface area (Å²) < 4.78 is 0. The van der Waals surface area contributed by atoms with Crippen molar-refractivity contribution in [1.29, 1.82) is 0 Å². The molecular formula is C32H43N3O5. The summed E-state index contributed by atoms with van der Waals surface area (Å²) >= 11 is 0. The minimum atomic E-state index is -0.836. The molecule has 2 amide bonds. The van der Waals surface area contributed by atoms with Gasteiger partial charge in [0.15, 0.2) is 0 Å². The lowest BCUT2D eigenvalue weighted by Gasteiger charge is -2.62. The third kappa shape index (κ3) is 5.42. The monoisotopic (exact) mass is 549 g/mol. The van der Waals surface area contributed by atoms with E-state index in [0.717, 1.165) is 28.8 Å². The number of fused-ring (bicyclic) bond motifs is 2. The summed E-state index contributed by atoms with van der Waals surface area (Å²) in [4.78, 5) is 31.5. The van der Waals surface area contributed by atoms with Crippen molar-refractivity contribution >= 4 is 17.5 Å². The zero-order chi connectivity index (χ0) is 28.8. The summed E-state index contributed by atoms with van der Waals surface area (Å²) in [7, 11) is 0. The molecule has 1 saturated heterocycles. The standard InChI is InChI=1S/C32H43N3O5/c1-18-26-14-24(32(26,4)5)15-27(18)34-31(39)30-29(19(2)37)28(17-36)40-35(30)16-21-8-6-9-22(12-21)23-10-7-11-25(13-23)33-20(3)38/h6-13,18-19,24,26-30,36-37H,14-17H2,1-5H3,(H,33,38)(H,34,39)/t18?,19-,24+,26-,27-,28?,29+,30-/m0/s1. The van der Waals surface area contributed by atoms with Crippen LogP contribution >= 0.6 is 0 Å². The fraction of sp³-hybridized carbons (Fsp3) is 0.562. The number of rotatable bonds is 8. The third-order valence-corrected chi connectivity index (χ3v) is 9.84. The molecule has 2 aromatic carbocycles. The lowest BCUT2D eigenvalue weighted by atomic mass is 9.45. The maximum Gasteiger partial charge on any atom is 0.240 e. The van der Waals surface area contributed by atoms with Crippen molar-refractivity contribution in [3.8, 4) is 11.1 Å². The van der Waals surface area contributed by atoms with Crippen LogP contribution in [-0.4, -0.2) is 58.0 Å². The third-order valence-electron chi connectivity index (χ3n) is 9.84. The van der Waals surface area contributed by atoms with Crippen molar-refractivity contribution < 1.29 is 24.6 Å². The highest BCUT2D eigenvalue weighted by atomic mass is 16.7. The van der Waals surface area contributed by atoms with Crippen molar-refractivity contribution in [2.45, 2.75) is 78.3 Å². The van der Waals surface area contributed by atoms with Gasteiger partial charge in [-0.15, -0.1) is 0 Å². The van der Waals surface area contributed by atoms with Gasteiger partial charge in [-0.1, -0.05) is 51.1 Å². The first-order chi connectivity index (χ1) is 19.0. The smallest absolute Gasteiger partial charge is 0.240 e. The number of hydrogen-bond acceptors (Lipinski definition) is 6. The summed E-state index contributed by atoms with van der Waals surface area (Å²) in [6, 6.07) is 15.0. The quantitative estimate of drug-likeness (QED) is 0.397. The Balaban J connectivity index is 1.36. The zero-order valence-electron chi connectivity index (χ0n) is 24.1. The average Bonchev–Trinajstić information content (AvgIpc) is 3.28. The number of nitrogens with zero attached hydrogens (tertiary/aromatic N) is 1. The molecule has 4 aliphatic rings. The number of hydrogen-bond donors (Lipinski definition) is 4. The van der Waals surface area contributed by atoms with E-state index in [4.69, 9.17) is 4.84 Å². The van der Waals surface area contributed by atoms with Crippen LogP contribution in [0.3, 0.4) is 0 Å². The number of hydroxylamine groups is 2. The summed E-state index contributed by atoms with van der Waals surface area (Å²) in [5.41, 5.74) is 3.89. The van der Waals surface area contributed by atoms with Gasteiger partial charge in [-0.05, 0) is 77.8 Å². The normalized spacial score (nSPS) is 31.7. The molecule has 3 saturated carbocycles. The Bertz CT molecular complexity index is 1250. The molecule has 2 aromatic rings. The molecule has 216 valence electrons. The van der Waals surface area contributed by atoms with Crippen LogP contribution in [-0.2, 0) is 21.0 Å². The second kappa shape index (κ2) is 11.2. The van der Waals surface area contributed by atoms with Crippen LogP contribution in [0.25, 0.3) is 11.1 Å². The van der Waals surface area contributed by atoms with Crippen LogP contribution in [0, 0.1) is 29.1 Å². The van der Waals surface area contributed by atoms with Gasteiger partial charge in [0, 0.05) is 24.6 Å². The minimum Gasteiger partial charge on any atom is -0.394 e. The van der Waals surface area contributed by atoms with Crippen LogP contribution in [0.1, 0.15) is 53.0 Å². The molecule has 0 radical (unpaired) electrons. The highest BCUT2D eigenvalue weighted by molar-refractivity contribution is 5.89. The fourth-order valence-corrected chi connectivity index (χ4v) is 7.49. The predicted octanol–water partition coefficient (Wildman–Crippen LogP) is 3.97. The number of carbonyl (C=O) groups excluding carboxylic acids is 2. The molecule has 4 N–H and O–H groups in total. The maximum atomic E-state index is 13.9. The second-order valence-corrected chi connectivity index (χ2v) is 12.7. The summed E-state index contributed by atoms with van der Waals surface area (Å²) in [5.74, 6) is 0.736. The Kier molecular flexibility index (Phi) is 8.08. The van der Waals surface area contributed by atoms with Gasteiger partial charge >= 0.3 is 0 Å². The Morgan fingerprint density at radius 3 is 2.45 bits per heavy atom. The largest absolute Gasteiger partial charge is 0.394 e. The summed E-state index contributed by atoms with van der Waals surface area (Å²) in [6.45, 7) is 10.1. The molecule has 0 aromatic heterocycles. The number of benzene rings is 2. The minimum absolute atomic E-state index is 0.0909. The van der Waals surface area contributed by atoms with E-state index in [1.54, 1.807) is 12.0 Å². The molecule has 1 heterocycles. The van der Waals surface area contributed by atoms with E-state index < -0.39 is 24.2 Å². The van der Waals surface area contributed by atoms with Crippen LogP contribution in [0.15, 0.2) is 48.5 Å². The van der Waals surface area contributed by atoms with Crippen LogP contribution in [0.5, 0.6) is 0 Å². The summed E-state index contributed by atoms with van der Waals surface area (Å²) in [5, 5.41) is 28.6. The lowest BCUT2D eigenvalue weighted by molar-refractivity contribution is -0.183. The van der Waals surface area contributed by atoms with Gasteiger partial charge in [-0.3, -0.25) is 14.4 Å². The Morgan fingerprint density at radius 2 is 1.82 bits per heavy atom. The van der Waals surface area contributed by atoms with Crippen LogP contribution in [0.2, 0.25) is 0 Å². The molecule has 8 heteroatoms. The number of aliphatic hydroxyl groups is 2. The Hall–Kier alpha value is -2.78. The van der Waals surface area contributed by atoms with Crippen LogP contribution in [0.4, 0.5) is 5.69 Å². The van der Waals surface area contributed by atoms with Gasteiger partial charge in [-0.25, -0.2) is 0 Å². The predicted molar refractivity (Wildman–Crippen MR) is 154 cm³/mol. The Morgan fingerprint density at radius 1 is 1.12 bits per heavy atom. The van der Waals surface area contributed by atoms with Crippen molar-refractivity contribution in [2.24, 2.45) is 29.1 Å². The molecule has 8 atom stereocenters. The highest BCUT2D eigenvalue weighted by Gasteiger charge is 2.57. The molecule has 0 spiro atoms. The fourth-order valence-electron chi connectivity index (χ4n) is 7.49. The first-order valence-corrected chi connectivity index (χ1v) is 14.5. The van der Waals surface area contributed by atoms with Crippen molar-refractivity contribution in [3.05, 3.63) is 54.1 Å². The maximum absolute atomic E-state index is 13.9. The number of carbonyl (C=O) groups is 2. The summed E-state index contributed by atoms with van der Waals surface area (Å²) in [6.07, 6.45) is 0.680. The number of nitrogens with one attached hydrogen (secondary N) is 2. The van der Waals surface area contributed by atoms with E-state index >= 15 is 0 Å². The first-order valence-electron chi connectivity index (χ1n) is 14.5. The molecule has 2 unspecified atom stereocenters. The second-order valence-electron chi connectivity index (χ2n) is 12.7. The zero-order valence-corrected chi connectivity index (χ0v) is 24.1. The van der Waals surface area contributed by atoms with Gasteiger partial charge in [-0.2, -0.15) is 5.06 Å². The highest BCUT2D eigenvalue weighted by Crippen LogP contribution is 2.61. The van der Waals surface area contributed by atoms with Crippen molar-refractivity contribution in [3.63, 3.8) is 0 Å². The SMILES string of the molecule is CC(=O)Nc1cccc(-c2cccc(CN3OC(CO)[C@@H]([C@H](C)O)[C@H]3C(=O)N[C@H]3C[C@H]4C[C@@H](C3C)C4(C)C)c2)c1. The van der Waals surface area contributed by atoms with E-state index in [-0.39, 0.29) is 24.5 Å². The van der Waals surface area contributed by atoms with Gasteiger partial charge < -0.3 is 20.8 Å². The molecule has 8 nitrogen and oxygen atoms in total. The van der Waals surface area contributed by atoms with Gasteiger partial charge in [0.2, 0.25) is 11.8 Å². The van der Waals surface area contributed by atoms with E-state index in [0.29, 0.717) is 29.7 Å². The molecule has 4 fully saturated rings. The molecule has 2 bridgehead atoms.